The number of benzene rings is 2. The highest BCUT2D eigenvalue weighted by molar-refractivity contribution is 7.80. The molecule has 1 aliphatic heterocycles. The van der Waals surface area contributed by atoms with E-state index in [1.165, 1.54) is 21.9 Å². The van der Waals surface area contributed by atoms with E-state index in [-0.39, 0.29) is 16.2 Å². The summed E-state index contributed by atoms with van der Waals surface area (Å²) in [6.45, 7) is 4.10. The van der Waals surface area contributed by atoms with Crippen molar-refractivity contribution in [1.29, 1.82) is 0 Å². The zero-order valence-electron chi connectivity index (χ0n) is 18.6. The van der Waals surface area contributed by atoms with Gasteiger partial charge in [-0.05, 0) is 73.6 Å². The van der Waals surface area contributed by atoms with Crippen LogP contribution in [0, 0.1) is 6.92 Å². The fraction of sp³-hybridized carbons (Fsp3) is 0.154. The van der Waals surface area contributed by atoms with E-state index in [9.17, 15) is 19.5 Å². The summed E-state index contributed by atoms with van der Waals surface area (Å²) in [7, 11) is 0. The van der Waals surface area contributed by atoms with E-state index in [4.69, 9.17) is 16.6 Å². The molecule has 2 amide bonds. The molecule has 0 atom stereocenters. The topological polar surface area (TPSA) is 91.1 Å². The number of carbonyl (C=O) groups excluding carboxylic acids is 2. The lowest BCUT2D eigenvalue weighted by Gasteiger charge is -2.36. The van der Waals surface area contributed by atoms with E-state index < -0.39 is 17.8 Å². The predicted molar refractivity (Wildman–Crippen MR) is 132 cm³/mol. The first-order valence-corrected chi connectivity index (χ1v) is 11.1. The number of hydrogen-bond donors (Lipinski definition) is 1. The number of anilines is 1. The number of para-hydroxylation sites is 1. The molecule has 0 saturated carbocycles. The molecule has 34 heavy (non-hydrogen) atoms. The van der Waals surface area contributed by atoms with Gasteiger partial charge in [0, 0.05) is 12.1 Å². The summed E-state index contributed by atoms with van der Waals surface area (Å²) in [6, 6.07) is 17.1. The molecule has 0 spiro atoms. The van der Waals surface area contributed by atoms with Crippen molar-refractivity contribution in [2.24, 2.45) is 0 Å². The quantitative estimate of drug-likeness (QED) is 0.310. The number of hydrogen-bond acceptors (Lipinski definition) is 5. The average Bonchev–Trinajstić information content (AvgIpc) is 3.28. The number of carboxylic acids is 1. The van der Waals surface area contributed by atoms with Gasteiger partial charge in [0.1, 0.15) is 17.1 Å². The Bertz CT molecular complexity index is 1330. The highest BCUT2D eigenvalue weighted by Gasteiger charge is 2.40. The fourth-order valence-corrected chi connectivity index (χ4v) is 4.15. The lowest BCUT2D eigenvalue weighted by atomic mass is 10.0. The van der Waals surface area contributed by atoms with Gasteiger partial charge in [0.05, 0.1) is 11.3 Å². The minimum Gasteiger partial charge on any atom is -0.478 e. The second kappa shape index (κ2) is 9.44. The number of aromatic carboxylic acids is 1. The average molecular weight is 475 g/mol. The Hall–Kier alpha value is -4.04. The van der Waals surface area contributed by atoms with Gasteiger partial charge in [-0.1, -0.05) is 31.2 Å². The maximum absolute atomic E-state index is 13.4. The van der Waals surface area contributed by atoms with Crippen molar-refractivity contribution in [2.75, 3.05) is 11.4 Å². The number of furan rings is 1. The maximum atomic E-state index is 13.4. The van der Waals surface area contributed by atoms with Gasteiger partial charge in [0.25, 0.3) is 11.8 Å². The lowest BCUT2D eigenvalue weighted by molar-refractivity contribution is -0.127. The van der Waals surface area contributed by atoms with Crippen LogP contribution in [0.1, 0.15) is 35.0 Å². The molecule has 2 heterocycles. The van der Waals surface area contributed by atoms with Gasteiger partial charge < -0.3 is 9.52 Å². The van der Waals surface area contributed by atoms with Crippen LogP contribution < -0.4 is 4.90 Å². The lowest BCUT2D eigenvalue weighted by Crippen LogP contribution is -2.56. The number of carbonyl (C=O) groups is 3. The second-order valence-electron chi connectivity index (χ2n) is 7.81. The third-order valence-corrected chi connectivity index (χ3v) is 5.85. The number of amides is 2. The Morgan fingerprint density at radius 3 is 2.44 bits per heavy atom. The SMILES string of the molecule is CCCN1C(=O)/C(=C\c2ccc(-c3ccc(C(=O)O)cc3C)o2)C(=O)N(c2ccccc2)C1=S. The number of rotatable bonds is 6. The predicted octanol–water partition coefficient (Wildman–Crippen LogP) is 4.91. The number of aryl methyl sites for hydroxylation is 1. The first-order chi connectivity index (χ1) is 16.3. The Morgan fingerprint density at radius 2 is 1.79 bits per heavy atom. The zero-order valence-corrected chi connectivity index (χ0v) is 19.5. The van der Waals surface area contributed by atoms with Gasteiger partial charge in [0.15, 0.2) is 5.11 Å². The smallest absolute Gasteiger partial charge is 0.335 e. The van der Waals surface area contributed by atoms with Gasteiger partial charge in [-0.15, -0.1) is 0 Å². The van der Waals surface area contributed by atoms with Crippen LogP contribution in [-0.4, -0.2) is 39.4 Å². The van der Waals surface area contributed by atoms with Crippen LogP contribution in [0.15, 0.2) is 70.7 Å². The molecule has 172 valence electrons. The van der Waals surface area contributed by atoms with Crippen LogP contribution >= 0.6 is 12.2 Å². The van der Waals surface area contributed by atoms with Gasteiger partial charge in [-0.2, -0.15) is 0 Å². The molecule has 4 rings (SSSR count). The molecule has 1 aliphatic rings. The molecule has 0 bridgehead atoms. The van der Waals surface area contributed by atoms with Crippen molar-refractivity contribution in [1.82, 2.24) is 4.90 Å². The van der Waals surface area contributed by atoms with Crippen molar-refractivity contribution in [2.45, 2.75) is 20.3 Å². The monoisotopic (exact) mass is 474 g/mol. The summed E-state index contributed by atoms with van der Waals surface area (Å²) in [4.78, 5) is 40.5. The van der Waals surface area contributed by atoms with Crippen molar-refractivity contribution in [3.63, 3.8) is 0 Å². The normalized spacial score (nSPS) is 15.4. The van der Waals surface area contributed by atoms with Crippen molar-refractivity contribution >= 4 is 46.9 Å². The van der Waals surface area contributed by atoms with Crippen LogP contribution in [0.4, 0.5) is 5.69 Å². The molecule has 1 fully saturated rings. The Labute approximate surface area is 201 Å². The van der Waals surface area contributed by atoms with E-state index in [1.54, 1.807) is 55.5 Å². The fourth-order valence-electron chi connectivity index (χ4n) is 3.79. The molecule has 1 aromatic heterocycles. The maximum Gasteiger partial charge on any atom is 0.335 e. The minimum atomic E-state index is -1.01. The number of thiocarbonyl (C=S) groups is 1. The van der Waals surface area contributed by atoms with Crippen molar-refractivity contribution in [3.05, 3.63) is 83.1 Å². The summed E-state index contributed by atoms with van der Waals surface area (Å²) in [6.07, 6.45) is 2.10. The van der Waals surface area contributed by atoms with Crippen molar-refractivity contribution in [3.8, 4) is 11.3 Å². The van der Waals surface area contributed by atoms with Gasteiger partial charge in [-0.25, -0.2) is 4.79 Å². The molecule has 3 aromatic rings. The summed E-state index contributed by atoms with van der Waals surface area (Å²) >= 11 is 5.50. The summed E-state index contributed by atoms with van der Waals surface area (Å²) in [5.74, 6) is -1.17. The van der Waals surface area contributed by atoms with E-state index in [2.05, 4.69) is 0 Å². The molecule has 1 N–H and O–H groups in total. The Morgan fingerprint density at radius 1 is 1.06 bits per heavy atom. The molecule has 7 nitrogen and oxygen atoms in total. The van der Waals surface area contributed by atoms with Crippen LogP contribution in [-0.2, 0) is 9.59 Å². The number of nitrogens with zero attached hydrogens (tertiary/aromatic N) is 2. The Kier molecular flexibility index (Phi) is 6.43. The second-order valence-corrected chi connectivity index (χ2v) is 8.18. The third kappa shape index (κ3) is 4.27. The first-order valence-electron chi connectivity index (χ1n) is 10.7. The van der Waals surface area contributed by atoms with Gasteiger partial charge >= 0.3 is 5.97 Å². The summed E-state index contributed by atoms with van der Waals surface area (Å²) in [5, 5.41) is 9.32. The summed E-state index contributed by atoms with van der Waals surface area (Å²) < 4.78 is 5.92. The van der Waals surface area contributed by atoms with Gasteiger partial charge in [-0.3, -0.25) is 19.4 Å². The standard InChI is InChI=1S/C26H22N2O5S/c1-3-13-27-23(29)21(24(30)28(26(27)34)18-7-5-4-6-8-18)15-19-10-12-22(33-19)20-11-9-17(25(31)32)14-16(20)2/h4-12,14-15H,3,13H2,1-2H3,(H,31,32)/b21-15+. The zero-order chi connectivity index (χ0) is 24.4. The molecule has 0 aliphatic carbocycles. The van der Waals surface area contributed by atoms with Crippen LogP contribution in [0.2, 0.25) is 0 Å². The Balaban J connectivity index is 1.72. The van der Waals surface area contributed by atoms with Crippen molar-refractivity contribution < 1.29 is 23.9 Å². The molecule has 1 saturated heterocycles. The molecular formula is C26H22N2O5S. The molecule has 0 radical (unpaired) electrons. The van der Waals surface area contributed by atoms with Crippen LogP contribution in [0.5, 0.6) is 0 Å². The van der Waals surface area contributed by atoms with E-state index in [0.717, 1.165) is 11.1 Å². The third-order valence-electron chi connectivity index (χ3n) is 5.45. The largest absolute Gasteiger partial charge is 0.478 e. The van der Waals surface area contributed by atoms with E-state index >= 15 is 0 Å². The highest BCUT2D eigenvalue weighted by atomic mass is 32.1. The van der Waals surface area contributed by atoms with E-state index in [0.29, 0.717) is 30.2 Å². The molecule has 0 unspecified atom stereocenters. The van der Waals surface area contributed by atoms with Gasteiger partial charge in [0.2, 0.25) is 0 Å². The van der Waals surface area contributed by atoms with E-state index in [1.807, 2.05) is 13.0 Å². The highest BCUT2D eigenvalue weighted by Crippen LogP contribution is 2.30. The summed E-state index contributed by atoms with van der Waals surface area (Å²) in [5.41, 5.74) is 2.15. The molecule has 8 heteroatoms. The first kappa shape index (κ1) is 23.1. The van der Waals surface area contributed by atoms with Crippen LogP contribution in [0.3, 0.4) is 0 Å². The molecule has 2 aromatic carbocycles. The number of carboxylic acid groups (broad SMARTS) is 1. The molecular weight excluding hydrogens is 452 g/mol. The van der Waals surface area contributed by atoms with Crippen LogP contribution in [0.25, 0.3) is 17.4 Å². The minimum absolute atomic E-state index is 0.0512.